The van der Waals surface area contributed by atoms with E-state index in [1.165, 1.54) is 12.1 Å². The molecule has 0 radical (unpaired) electrons. The highest BCUT2D eigenvalue weighted by Gasteiger charge is 2.17. The van der Waals surface area contributed by atoms with Gasteiger partial charge in [-0.15, -0.1) is 0 Å². The molecular formula is C12H15NO3S. The highest BCUT2D eigenvalue weighted by atomic mass is 32.2. The Labute approximate surface area is 101 Å². The second-order valence-corrected chi connectivity index (χ2v) is 5.74. The molecule has 0 amide bonds. The molecule has 0 heterocycles. The van der Waals surface area contributed by atoms with Crippen molar-refractivity contribution in [1.82, 2.24) is 0 Å². The van der Waals surface area contributed by atoms with Crippen LogP contribution in [0.2, 0.25) is 0 Å². The lowest BCUT2D eigenvalue weighted by Crippen LogP contribution is -2.04. The van der Waals surface area contributed by atoms with Gasteiger partial charge in [-0.05, 0) is 44.7 Å². The Morgan fingerprint density at radius 3 is 2.29 bits per heavy atom. The molecule has 0 atom stereocenters. The van der Waals surface area contributed by atoms with Crippen LogP contribution in [0.1, 0.15) is 31.2 Å². The van der Waals surface area contributed by atoms with Gasteiger partial charge in [-0.25, -0.2) is 0 Å². The first-order valence-corrected chi connectivity index (χ1v) is 7.05. The predicted octanol–water partition coefficient (Wildman–Crippen LogP) is 2.63. The third kappa shape index (κ3) is 3.06. The maximum atomic E-state index is 11.8. The number of nitrogens with zero attached hydrogens (tertiary/aromatic N) is 1. The van der Waals surface area contributed by atoms with E-state index in [1.807, 2.05) is 6.92 Å². The number of oxime groups is 1. The lowest BCUT2D eigenvalue weighted by Gasteiger charge is -2.02. The summed E-state index contributed by atoms with van der Waals surface area (Å²) in [7, 11) is -3.75. The Kier molecular flexibility index (Phi) is 3.47. The standard InChI is InChI=1S/C12H15NO3S/c1-10-6-8-12(9-7-10)17(14,15)16-13-11-4-2-3-5-11/h6-9H,2-5H2,1H3. The van der Waals surface area contributed by atoms with E-state index in [1.54, 1.807) is 12.1 Å². The van der Waals surface area contributed by atoms with Crippen molar-refractivity contribution in [2.24, 2.45) is 5.16 Å². The van der Waals surface area contributed by atoms with Crippen molar-refractivity contribution in [2.75, 3.05) is 0 Å². The lowest BCUT2D eigenvalue weighted by atomic mass is 10.2. The highest BCUT2D eigenvalue weighted by molar-refractivity contribution is 7.86. The fourth-order valence-electron chi connectivity index (χ4n) is 1.72. The third-order valence-corrected chi connectivity index (χ3v) is 3.88. The third-order valence-electron chi connectivity index (χ3n) is 2.75. The van der Waals surface area contributed by atoms with E-state index < -0.39 is 10.1 Å². The van der Waals surface area contributed by atoms with Crippen molar-refractivity contribution >= 4 is 15.8 Å². The molecule has 92 valence electrons. The summed E-state index contributed by atoms with van der Waals surface area (Å²) in [6.45, 7) is 1.90. The van der Waals surface area contributed by atoms with Crippen molar-refractivity contribution in [2.45, 2.75) is 37.5 Å². The maximum Gasteiger partial charge on any atom is 0.358 e. The molecule has 1 aliphatic rings. The molecule has 17 heavy (non-hydrogen) atoms. The molecule has 0 N–H and O–H groups in total. The van der Waals surface area contributed by atoms with Gasteiger partial charge in [-0.2, -0.15) is 8.42 Å². The Morgan fingerprint density at radius 1 is 1.12 bits per heavy atom. The number of rotatable bonds is 3. The van der Waals surface area contributed by atoms with Gasteiger partial charge >= 0.3 is 10.1 Å². The van der Waals surface area contributed by atoms with Crippen LogP contribution in [0.25, 0.3) is 0 Å². The van der Waals surface area contributed by atoms with E-state index in [-0.39, 0.29) is 4.90 Å². The summed E-state index contributed by atoms with van der Waals surface area (Å²) in [5, 5.41) is 3.72. The van der Waals surface area contributed by atoms with E-state index in [0.29, 0.717) is 0 Å². The van der Waals surface area contributed by atoms with Crippen molar-refractivity contribution in [3.8, 4) is 0 Å². The molecular weight excluding hydrogens is 238 g/mol. The average Bonchev–Trinajstić information content (AvgIpc) is 2.80. The summed E-state index contributed by atoms with van der Waals surface area (Å²) in [5.74, 6) is 0. The van der Waals surface area contributed by atoms with E-state index in [9.17, 15) is 8.42 Å². The normalized spacial score (nSPS) is 15.9. The van der Waals surface area contributed by atoms with Gasteiger partial charge in [0, 0.05) is 0 Å². The van der Waals surface area contributed by atoms with Crippen LogP contribution in [0.4, 0.5) is 0 Å². The van der Waals surface area contributed by atoms with Crippen molar-refractivity contribution < 1.29 is 12.7 Å². The first-order chi connectivity index (χ1) is 8.08. The molecule has 5 heteroatoms. The second kappa shape index (κ2) is 4.87. The van der Waals surface area contributed by atoms with Gasteiger partial charge in [0.1, 0.15) is 4.90 Å². The van der Waals surface area contributed by atoms with Crippen LogP contribution in [0.5, 0.6) is 0 Å². The minimum Gasteiger partial charge on any atom is -0.265 e. The summed E-state index contributed by atoms with van der Waals surface area (Å²) in [6, 6.07) is 6.52. The van der Waals surface area contributed by atoms with Gasteiger partial charge in [0.05, 0.1) is 5.71 Å². The molecule has 0 spiro atoms. The zero-order chi connectivity index (χ0) is 12.3. The quantitative estimate of drug-likeness (QED) is 0.778. The Morgan fingerprint density at radius 2 is 1.71 bits per heavy atom. The van der Waals surface area contributed by atoms with E-state index in [2.05, 4.69) is 5.16 Å². The van der Waals surface area contributed by atoms with Crippen LogP contribution in [0, 0.1) is 6.92 Å². The minimum absolute atomic E-state index is 0.144. The molecule has 1 aromatic rings. The van der Waals surface area contributed by atoms with Crippen LogP contribution in [-0.4, -0.2) is 14.1 Å². The van der Waals surface area contributed by atoms with Crippen LogP contribution in [0.3, 0.4) is 0 Å². The fraction of sp³-hybridized carbons (Fsp3) is 0.417. The second-order valence-electron chi connectivity index (χ2n) is 4.21. The number of benzene rings is 1. The minimum atomic E-state index is -3.75. The summed E-state index contributed by atoms with van der Waals surface area (Å²) in [6.07, 6.45) is 3.80. The van der Waals surface area contributed by atoms with Gasteiger partial charge in [0.25, 0.3) is 0 Å². The number of hydrogen-bond donors (Lipinski definition) is 0. The van der Waals surface area contributed by atoms with Gasteiger partial charge in [0.15, 0.2) is 0 Å². The predicted molar refractivity (Wildman–Crippen MR) is 65.4 cm³/mol. The van der Waals surface area contributed by atoms with Gasteiger partial charge in [-0.1, -0.05) is 22.9 Å². The molecule has 1 saturated carbocycles. The van der Waals surface area contributed by atoms with Gasteiger partial charge < -0.3 is 0 Å². The van der Waals surface area contributed by atoms with Crippen molar-refractivity contribution in [1.29, 1.82) is 0 Å². The molecule has 4 nitrogen and oxygen atoms in total. The highest BCUT2D eigenvalue weighted by Crippen LogP contribution is 2.17. The molecule has 0 saturated heterocycles. The fourth-order valence-corrected chi connectivity index (χ4v) is 2.48. The monoisotopic (exact) mass is 253 g/mol. The van der Waals surface area contributed by atoms with E-state index >= 15 is 0 Å². The lowest BCUT2D eigenvalue weighted by molar-refractivity contribution is 0.337. The van der Waals surface area contributed by atoms with Crippen LogP contribution >= 0.6 is 0 Å². The summed E-state index contributed by atoms with van der Waals surface area (Å²) >= 11 is 0. The smallest absolute Gasteiger partial charge is 0.265 e. The maximum absolute atomic E-state index is 11.8. The molecule has 2 rings (SSSR count). The molecule has 1 aliphatic carbocycles. The topological polar surface area (TPSA) is 55.7 Å². The summed E-state index contributed by atoms with van der Waals surface area (Å²) in [5.41, 5.74) is 1.84. The van der Waals surface area contributed by atoms with Crippen molar-refractivity contribution in [3.05, 3.63) is 29.8 Å². The molecule has 0 aliphatic heterocycles. The Hall–Kier alpha value is -1.36. The first kappa shape index (κ1) is 12.1. The average molecular weight is 253 g/mol. The van der Waals surface area contributed by atoms with E-state index in [0.717, 1.165) is 37.0 Å². The molecule has 0 bridgehead atoms. The summed E-state index contributed by atoms with van der Waals surface area (Å²) < 4.78 is 28.2. The van der Waals surface area contributed by atoms with Crippen LogP contribution in [-0.2, 0) is 14.4 Å². The van der Waals surface area contributed by atoms with Crippen molar-refractivity contribution in [3.63, 3.8) is 0 Å². The van der Waals surface area contributed by atoms with Gasteiger partial charge in [0.2, 0.25) is 0 Å². The summed E-state index contributed by atoms with van der Waals surface area (Å²) in [4.78, 5) is 0.144. The zero-order valence-corrected chi connectivity index (χ0v) is 10.5. The van der Waals surface area contributed by atoms with Crippen LogP contribution in [0.15, 0.2) is 34.3 Å². The van der Waals surface area contributed by atoms with Crippen LogP contribution < -0.4 is 0 Å². The first-order valence-electron chi connectivity index (χ1n) is 5.64. The number of hydrogen-bond acceptors (Lipinski definition) is 4. The molecule has 0 aromatic heterocycles. The molecule has 0 unspecified atom stereocenters. The largest absolute Gasteiger partial charge is 0.358 e. The SMILES string of the molecule is Cc1ccc(S(=O)(=O)ON=C2CCCC2)cc1. The Bertz CT molecular complexity index is 509. The van der Waals surface area contributed by atoms with Gasteiger partial charge in [-0.3, -0.25) is 4.28 Å². The molecule has 1 aromatic carbocycles. The number of aryl methyl sites for hydroxylation is 1. The Balaban J connectivity index is 2.13. The molecule has 1 fully saturated rings. The zero-order valence-electron chi connectivity index (χ0n) is 9.72. The van der Waals surface area contributed by atoms with E-state index in [4.69, 9.17) is 4.28 Å².